The molecule has 3 rings (SSSR count). The minimum Gasteiger partial charge on any atom is -0.497 e. The molecule has 0 aliphatic rings. The molecule has 0 aliphatic carbocycles. The smallest absolute Gasteiger partial charge is 0.255 e. The van der Waals surface area contributed by atoms with Crippen molar-refractivity contribution in [2.75, 3.05) is 12.4 Å². The van der Waals surface area contributed by atoms with Crippen molar-refractivity contribution >= 4 is 23.4 Å². The van der Waals surface area contributed by atoms with Crippen molar-refractivity contribution in [2.24, 2.45) is 5.92 Å². The Morgan fingerprint density at radius 2 is 1.67 bits per heavy atom. The summed E-state index contributed by atoms with van der Waals surface area (Å²) < 4.78 is 10.3. The standard InChI is InChI=1S/C25H27N3O5/c1-16(2)22(25(31)26-15-19-7-6-14-33-19)28-24(30)20-8-4-5-9-21(20)27-23(29)17-10-12-18(32-3)13-11-17/h4-14,16,22H,15H2,1-3H3,(H,26,31)(H,27,29)(H,28,30)/t22-/m1/s1. The molecule has 8 nitrogen and oxygen atoms in total. The molecule has 3 amide bonds. The van der Waals surface area contributed by atoms with Gasteiger partial charge in [0.25, 0.3) is 11.8 Å². The molecule has 2 aromatic carbocycles. The number of hydrogen-bond acceptors (Lipinski definition) is 5. The third-order valence-corrected chi connectivity index (χ3v) is 5.02. The molecule has 0 aliphatic heterocycles. The summed E-state index contributed by atoms with van der Waals surface area (Å²) in [5.74, 6) is -0.0664. The predicted octanol–water partition coefficient (Wildman–Crippen LogP) is 3.61. The number of carbonyl (C=O) groups is 3. The second-order valence-corrected chi connectivity index (χ2v) is 7.72. The van der Waals surface area contributed by atoms with Gasteiger partial charge in [0, 0.05) is 5.56 Å². The van der Waals surface area contributed by atoms with Crippen molar-refractivity contribution < 1.29 is 23.5 Å². The van der Waals surface area contributed by atoms with E-state index in [4.69, 9.17) is 9.15 Å². The Balaban J connectivity index is 1.70. The van der Waals surface area contributed by atoms with Crippen LogP contribution in [-0.4, -0.2) is 30.9 Å². The molecular formula is C25H27N3O5. The highest BCUT2D eigenvalue weighted by Gasteiger charge is 2.26. The number of para-hydroxylation sites is 1. The number of amides is 3. The van der Waals surface area contributed by atoms with Gasteiger partial charge < -0.3 is 25.1 Å². The van der Waals surface area contributed by atoms with Crippen LogP contribution in [0.15, 0.2) is 71.3 Å². The van der Waals surface area contributed by atoms with Gasteiger partial charge in [-0.25, -0.2) is 0 Å². The number of methoxy groups -OCH3 is 1. The Kier molecular flexibility index (Phi) is 7.86. The van der Waals surface area contributed by atoms with Crippen LogP contribution in [-0.2, 0) is 11.3 Å². The van der Waals surface area contributed by atoms with E-state index < -0.39 is 11.9 Å². The van der Waals surface area contributed by atoms with Crippen LogP contribution in [0.5, 0.6) is 5.75 Å². The van der Waals surface area contributed by atoms with Gasteiger partial charge in [-0.15, -0.1) is 0 Å². The highest BCUT2D eigenvalue weighted by molar-refractivity contribution is 6.09. The van der Waals surface area contributed by atoms with Crippen LogP contribution in [0, 0.1) is 5.92 Å². The lowest BCUT2D eigenvalue weighted by molar-refractivity contribution is -0.124. The average Bonchev–Trinajstić information content (AvgIpc) is 3.34. The zero-order valence-electron chi connectivity index (χ0n) is 18.8. The zero-order valence-corrected chi connectivity index (χ0v) is 18.8. The number of benzene rings is 2. The third kappa shape index (κ3) is 6.22. The molecule has 0 radical (unpaired) electrons. The minimum absolute atomic E-state index is 0.161. The number of carbonyl (C=O) groups excluding carboxylic acids is 3. The lowest BCUT2D eigenvalue weighted by Gasteiger charge is -2.22. The lowest BCUT2D eigenvalue weighted by Crippen LogP contribution is -2.49. The summed E-state index contributed by atoms with van der Waals surface area (Å²) in [5.41, 5.74) is 1.02. The summed E-state index contributed by atoms with van der Waals surface area (Å²) in [4.78, 5) is 38.4. The number of nitrogens with one attached hydrogen (secondary N) is 3. The van der Waals surface area contributed by atoms with Gasteiger partial charge >= 0.3 is 0 Å². The molecule has 8 heteroatoms. The fourth-order valence-electron chi connectivity index (χ4n) is 3.18. The van der Waals surface area contributed by atoms with Crippen LogP contribution < -0.4 is 20.7 Å². The number of hydrogen-bond donors (Lipinski definition) is 3. The van der Waals surface area contributed by atoms with Gasteiger partial charge in [0.15, 0.2) is 0 Å². The molecule has 0 bridgehead atoms. The SMILES string of the molecule is COc1ccc(C(=O)Nc2ccccc2C(=O)N[C@@H](C(=O)NCc2ccco2)C(C)C)cc1. The number of anilines is 1. The molecule has 0 saturated carbocycles. The normalized spacial score (nSPS) is 11.5. The molecule has 0 spiro atoms. The van der Waals surface area contributed by atoms with Crippen LogP contribution >= 0.6 is 0 Å². The third-order valence-electron chi connectivity index (χ3n) is 5.02. The Morgan fingerprint density at radius 3 is 2.30 bits per heavy atom. The molecule has 1 atom stereocenters. The predicted molar refractivity (Wildman–Crippen MR) is 124 cm³/mol. The fourth-order valence-corrected chi connectivity index (χ4v) is 3.18. The van der Waals surface area contributed by atoms with Crippen LogP contribution in [0.25, 0.3) is 0 Å². The Hall–Kier alpha value is -4.07. The van der Waals surface area contributed by atoms with Gasteiger partial charge in [0.2, 0.25) is 5.91 Å². The maximum Gasteiger partial charge on any atom is 0.255 e. The topological polar surface area (TPSA) is 110 Å². The summed E-state index contributed by atoms with van der Waals surface area (Å²) >= 11 is 0. The number of rotatable bonds is 9. The Labute approximate surface area is 192 Å². The van der Waals surface area contributed by atoms with E-state index in [9.17, 15) is 14.4 Å². The average molecular weight is 450 g/mol. The van der Waals surface area contributed by atoms with E-state index >= 15 is 0 Å². The second kappa shape index (κ2) is 11.0. The van der Waals surface area contributed by atoms with Crippen LogP contribution in [0.3, 0.4) is 0 Å². The first-order valence-electron chi connectivity index (χ1n) is 10.5. The van der Waals surface area contributed by atoms with Gasteiger partial charge in [-0.05, 0) is 54.4 Å². The number of ether oxygens (including phenoxy) is 1. The first-order valence-corrected chi connectivity index (χ1v) is 10.5. The number of furan rings is 1. The van der Waals surface area contributed by atoms with Crippen LogP contribution in [0.2, 0.25) is 0 Å². The quantitative estimate of drug-likeness (QED) is 0.462. The maximum absolute atomic E-state index is 13.0. The van der Waals surface area contributed by atoms with E-state index in [-0.39, 0.29) is 29.8 Å². The van der Waals surface area contributed by atoms with Crippen molar-refractivity contribution in [1.29, 1.82) is 0 Å². The molecule has 3 aromatic rings. The zero-order chi connectivity index (χ0) is 23.8. The summed E-state index contributed by atoms with van der Waals surface area (Å²) in [6.07, 6.45) is 1.53. The van der Waals surface area contributed by atoms with E-state index in [0.717, 1.165) is 0 Å². The van der Waals surface area contributed by atoms with Crippen molar-refractivity contribution in [2.45, 2.75) is 26.4 Å². The monoisotopic (exact) mass is 449 g/mol. The lowest BCUT2D eigenvalue weighted by atomic mass is 10.0. The fraction of sp³-hybridized carbons (Fsp3) is 0.240. The molecule has 3 N–H and O–H groups in total. The first kappa shape index (κ1) is 23.6. The van der Waals surface area contributed by atoms with E-state index in [2.05, 4.69) is 16.0 Å². The Morgan fingerprint density at radius 1 is 0.939 bits per heavy atom. The van der Waals surface area contributed by atoms with Gasteiger partial charge in [-0.1, -0.05) is 26.0 Å². The first-order chi connectivity index (χ1) is 15.9. The van der Waals surface area contributed by atoms with Gasteiger partial charge in [-0.3, -0.25) is 14.4 Å². The minimum atomic E-state index is -0.766. The van der Waals surface area contributed by atoms with Crippen molar-refractivity contribution in [3.63, 3.8) is 0 Å². The molecule has 33 heavy (non-hydrogen) atoms. The summed E-state index contributed by atoms with van der Waals surface area (Å²) in [5, 5.41) is 8.32. The summed E-state index contributed by atoms with van der Waals surface area (Å²) in [6, 6.07) is 16.0. The van der Waals surface area contributed by atoms with E-state index in [0.29, 0.717) is 22.8 Å². The van der Waals surface area contributed by atoms with E-state index in [1.54, 1.807) is 67.8 Å². The van der Waals surface area contributed by atoms with Gasteiger partial charge in [-0.2, -0.15) is 0 Å². The van der Waals surface area contributed by atoms with Crippen molar-refractivity contribution in [3.05, 3.63) is 83.8 Å². The van der Waals surface area contributed by atoms with E-state index in [1.807, 2.05) is 13.8 Å². The molecular weight excluding hydrogens is 422 g/mol. The highest BCUT2D eigenvalue weighted by atomic mass is 16.5. The summed E-state index contributed by atoms with van der Waals surface area (Å²) in [6.45, 7) is 3.91. The molecule has 0 saturated heterocycles. The molecule has 172 valence electrons. The molecule has 1 aromatic heterocycles. The van der Waals surface area contributed by atoms with Crippen LogP contribution in [0.1, 0.15) is 40.3 Å². The maximum atomic E-state index is 13.0. The van der Waals surface area contributed by atoms with Gasteiger partial charge in [0.1, 0.15) is 17.6 Å². The van der Waals surface area contributed by atoms with Crippen molar-refractivity contribution in [3.8, 4) is 5.75 Å². The highest BCUT2D eigenvalue weighted by Crippen LogP contribution is 2.18. The van der Waals surface area contributed by atoms with E-state index in [1.165, 1.54) is 6.26 Å². The van der Waals surface area contributed by atoms with Gasteiger partial charge in [0.05, 0.1) is 31.2 Å². The summed E-state index contributed by atoms with van der Waals surface area (Å²) in [7, 11) is 1.55. The van der Waals surface area contributed by atoms with Crippen LogP contribution in [0.4, 0.5) is 5.69 Å². The molecule has 0 unspecified atom stereocenters. The molecule has 0 fully saturated rings. The Bertz CT molecular complexity index is 1090. The largest absolute Gasteiger partial charge is 0.497 e. The molecule has 1 heterocycles. The second-order valence-electron chi connectivity index (χ2n) is 7.72. The van der Waals surface area contributed by atoms with Crippen molar-refractivity contribution in [1.82, 2.24) is 10.6 Å².